The number of benzene rings is 1. The molecule has 0 radical (unpaired) electrons. The van der Waals surface area contributed by atoms with Gasteiger partial charge in [-0.1, -0.05) is 0 Å². The van der Waals surface area contributed by atoms with Crippen LogP contribution in [-0.2, 0) is 0 Å². The van der Waals surface area contributed by atoms with Gasteiger partial charge in [0.15, 0.2) is 0 Å². The number of rotatable bonds is 4. The standard InChI is InChI=1S/C16H26FN3/c1-11-8-16(14(12(2)18)9-15(11)17)20(4)10-13-6-5-7-19(13)3/h8-9,12-13H,5-7,10,18H2,1-4H3/t12-,13?/m0/s1. The molecule has 2 rings (SSSR count). The van der Waals surface area contributed by atoms with Gasteiger partial charge in [-0.25, -0.2) is 4.39 Å². The number of hydrogen-bond acceptors (Lipinski definition) is 3. The van der Waals surface area contributed by atoms with Gasteiger partial charge in [0, 0.05) is 31.4 Å². The Morgan fingerprint density at radius 3 is 2.75 bits per heavy atom. The van der Waals surface area contributed by atoms with Crippen LogP contribution in [0.1, 0.15) is 36.9 Å². The van der Waals surface area contributed by atoms with Gasteiger partial charge in [-0.3, -0.25) is 0 Å². The Morgan fingerprint density at radius 1 is 1.50 bits per heavy atom. The normalized spacial score (nSPS) is 21.2. The van der Waals surface area contributed by atoms with Crippen molar-refractivity contribution in [1.29, 1.82) is 0 Å². The average Bonchev–Trinajstić information content (AvgIpc) is 2.77. The molecule has 0 bridgehead atoms. The van der Waals surface area contributed by atoms with Crippen molar-refractivity contribution in [3.63, 3.8) is 0 Å². The van der Waals surface area contributed by atoms with Crippen LogP contribution in [0.5, 0.6) is 0 Å². The molecule has 1 heterocycles. The van der Waals surface area contributed by atoms with Crippen molar-refractivity contribution < 1.29 is 4.39 Å². The summed E-state index contributed by atoms with van der Waals surface area (Å²) in [6, 6.07) is 3.92. The molecule has 1 aliphatic heterocycles. The Labute approximate surface area is 121 Å². The molecular formula is C16H26FN3. The van der Waals surface area contributed by atoms with Crippen molar-refractivity contribution in [2.45, 2.75) is 38.8 Å². The number of nitrogens with zero attached hydrogens (tertiary/aromatic N) is 2. The number of hydrogen-bond donors (Lipinski definition) is 1. The zero-order chi connectivity index (χ0) is 14.9. The molecule has 1 unspecified atom stereocenters. The molecule has 1 aromatic rings. The molecule has 0 aliphatic carbocycles. The van der Waals surface area contributed by atoms with Crippen molar-refractivity contribution in [3.05, 3.63) is 29.1 Å². The maximum Gasteiger partial charge on any atom is 0.126 e. The molecule has 2 N–H and O–H groups in total. The van der Waals surface area contributed by atoms with Gasteiger partial charge in [0.25, 0.3) is 0 Å². The Morgan fingerprint density at radius 2 is 2.20 bits per heavy atom. The van der Waals surface area contributed by atoms with Crippen LogP contribution < -0.4 is 10.6 Å². The lowest BCUT2D eigenvalue weighted by Crippen LogP contribution is -2.37. The summed E-state index contributed by atoms with van der Waals surface area (Å²) < 4.78 is 13.8. The van der Waals surface area contributed by atoms with E-state index in [9.17, 15) is 4.39 Å². The van der Waals surface area contributed by atoms with Crippen molar-refractivity contribution in [2.75, 3.05) is 32.1 Å². The monoisotopic (exact) mass is 279 g/mol. The average molecular weight is 279 g/mol. The zero-order valence-corrected chi connectivity index (χ0v) is 13.0. The molecular weight excluding hydrogens is 253 g/mol. The van der Waals surface area contributed by atoms with E-state index < -0.39 is 0 Å². The van der Waals surface area contributed by atoms with Crippen LogP contribution in [0.15, 0.2) is 12.1 Å². The minimum Gasteiger partial charge on any atom is -0.373 e. The second kappa shape index (κ2) is 6.10. The predicted octanol–water partition coefficient (Wildman–Crippen LogP) is 2.68. The number of halogens is 1. The quantitative estimate of drug-likeness (QED) is 0.919. The van der Waals surface area contributed by atoms with E-state index in [-0.39, 0.29) is 11.9 Å². The van der Waals surface area contributed by atoms with Gasteiger partial charge in [0.05, 0.1) is 0 Å². The van der Waals surface area contributed by atoms with E-state index in [1.165, 1.54) is 19.4 Å². The highest BCUT2D eigenvalue weighted by molar-refractivity contribution is 5.56. The molecule has 0 amide bonds. The van der Waals surface area contributed by atoms with Crippen molar-refractivity contribution in [3.8, 4) is 0 Å². The molecule has 2 atom stereocenters. The largest absolute Gasteiger partial charge is 0.373 e. The number of aryl methyl sites for hydroxylation is 1. The number of likely N-dealkylation sites (tertiary alicyclic amines) is 1. The van der Waals surface area contributed by atoms with Crippen molar-refractivity contribution in [2.24, 2.45) is 5.73 Å². The molecule has 1 fully saturated rings. The highest BCUT2D eigenvalue weighted by atomic mass is 19.1. The predicted molar refractivity (Wildman–Crippen MR) is 82.7 cm³/mol. The van der Waals surface area contributed by atoms with Gasteiger partial charge in [-0.05, 0) is 63.5 Å². The van der Waals surface area contributed by atoms with Crippen LogP contribution >= 0.6 is 0 Å². The van der Waals surface area contributed by atoms with E-state index in [0.29, 0.717) is 11.6 Å². The summed E-state index contributed by atoms with van der Waals surface area (Å²) in [4.78, 5) is 4.62. The van der Waals surface area contributed by atoms with Crippen LogP contribution in [0.25, 0.3) is 0 Å². The molecule has 0 spiro atoms. The topological polar surface area (TPSA) is 32.5 Å². The molecule has 3 nitrogen and oxygen atoms in total. The lowest BCUT2D eigenvalue weighted by Gasteiger charge is -2.30. The van der Waals surface area contributed by atoms with Crippen LogP contribution in [0, 0.1) is 12.7 Å². The Bertz CT molecular complexity index is 473. The van der Waals surface area contributed by atoms with Gasteiger partial charge in [-0.15, -0.1) is 0 Å². The maximum atomic E-state index is 13.8. The van der Waals surface area contributed by atoms with E-state index in [1.54, 1.807) is 13.0 Å². The third kappa shape index (κ3) is 3.13. The molecule has 4 heteroatoms. The Balaban J connectivity index is 2.24. The molecule has 1 saturated heterocycles. The first-order valence-corrected chi connectivity index (χ1v) is 7.37. The molecule has 1 aliphatic rings. The first-order chi connectivity index (χ1) is 9.40. The SMILES string of the molecule is Cc1cc(N(C)CC2CCCN2C)c([C@H](C)N)cc1F. The summed E-state index contributed by atoms with van der Waals surface area (Å²) in [5.41, 5.74) is 8.62. The summed E-state index contributed by atoms with van der Waals surface area (Å²) in [6.45, 7) is 5.84. The third-order valence-electron chi connectivity index (χ3n) is 4.37. The molecule has 0 aromatic heterocycles. The summed E-state index contributed by atoms with van der Waals surface area (Å²) in [5, 5.41) is 0. The second-order valence-electron chi connectivity index (χ2n) is 6.11. The van der Waals surface area contributed by atoms with Crippen molar-refractivity contribution in [1.82, 2.24) is 4.90 Å². The fourth-order valence-electron chi connectivity index (χ4n) is 3.00. The highest BCUT2D eigenvalue weighted by Crippen LogP contribution is 2.29. The van der Waals surface area contributed by atoms with Crippen LogP contribution in [0.2, 0.25) is 0 Å². The zero-order valence-electron chi connectivity index (χ0n) is 13.0. The van der Waals surface area contributed by atoms with E-state index in [1.807, 2.05) is 13.0 Å². The minimum absolute atomic E-state index is 0.163. The third-order valence-corrected chi connectivity index (χ3v) is 4.37. The fraction of sp³-hybridized carbons (Fsp3) is 0.625. The highest BCUT2D eigenvalue weighted by Gasteiger charge is 2.23. The van der Waals surface area contributed by atoms with E-state index >= 15 is 0 Å². The van der Waals surface area contributed by atoms with Gasteiger partial charge >= 0.3 is 0 Å². The Hall–Kier alpha value is -1.13. The fourth-order valence-corrected chi connectivity index (χ4v) is 3.00. The maximum absolute atomic E-state index is 13.8. The van der Waals surface area contributed by atoms with Gasteiger partial charge < -0.3 is 15.5 Å². The van der Waals surface area contributed by atoms with Crippen molar-refractivity contribution >= 4 is 5.69 Å². The first kappa shape index (κ1) is 15.3. The Kier molecular flexibility index (Phi) is 4.66. The van der Waals surface area contributed by atoms with Crippen LogP contribution in [0.3, 0.4) is 0 Å². The van der Waals surface area contributed by atoms with E-state index in [4.69, 9.17) is 5.73 Å². The van der Waals surface area contributed by atoms with Gasteiger partial charge in [-0.2, -0.15) is 0 Å². The van der Waals surface area contributed by atoms with Gasteiger partial charge in [0.2, 0.25) is 0 Å². The minimum atomic E-state index is -0.174. The smallest absolute Gasteiger partial charge is 0.126 e. The summed E-state index contributed by atoms with van der Waals surface area (Å²) >= 11 is 0. The van der Waals surface area contributed by atoms with Crippen LogP contribution in [0.4, 0.5) is 10.1 Å². The molecule has 20 heavy (non-hydrogen) atoms. The number of anilines is 1. The summed E-state index contributed by atoms with van der Waals surface area (Å²) in [7, 11) is 4.25. The summed E-state index contributed by atoms with van der Waals surface area (Å²) in [5.74, 6) is -0.174. The summed E-state index contributed by atoms with van der Waals surface area (Å²) in [6.07, 6.45) is 2.49. The second-order valence-corrected chi connectivity index (χ2v) is 6.11. The number of likely N-dealkylation sites (N-methyl/N-ethyl adjacent to an activating group) is 2. The van der Waals surface area contributed by atoms with Crippen LogP contribution in [-0.4, -0.2) is 38.1 Å². The number of nitrogens with two attached hydrogens (primary N) is 1. The molecule has 1 aromatic carbocycles. The molecule has 0 saturated carbocycles. The molecule has 112 valence electrons. The van der Waals surface area contributed by atoms with E-state index in [2.05, 4.69) is 23.9 Å². The lowest BCUT2D eigenvalue weighted by molar-refractivity contribution is 0.314. The van der Waals surface area contributed by atoms with E-state index in [0.717, 1.165) is 17.8 Å². The lowest BCUT2D eigenvalue weighted by atomic mass is 10.0. The van der Waals surface area contributed by atoms with Gasteiger partial charge in [0.1, 0.15) is 5.82 Å². The first-order valence-electron chi connectivity index (χ1n) is 7.37.